The minimum atomic E-state index is -0.591. The Kier molecular flexibility index (Phi) is 6.46. The number of para-hydroxylation sites is 1. The molecule has 35 heavy (non-hydrogen) atoms. The molecule has 182 valence electrons. The first-order valence-electron chi connectivity index (χ1n) is 12.3. The third-order valence-corrected chi connectivity index (χ3v) is 7.41. The highest BCUT2D eigenvalue weighted by molar-refractivity contribution is 6.04. The van der Waals surface area contributed by atoms with Gasteiger partial charge >= 0.3 is 5.97 Å². The molecule has 1 N–H and O–H groups in total. The summed E-state index contributed by atoms with van der Waals surface area (Å²) >= 11 is 0. The first-order chi connectivity index (χ1) is 17.0. The number of Topliss-reactive ketones (excluding diaryl/α,β-unsaturated/α-hetero) is 1. The third-order valence-electron chi connectivity index (χ3n) is 7.41. The van der Waals surface area contributed by atoms with Gasteiger partial charge in [0.15, 0.2) is 5.78 Å². The maximum atomic E-state index is 13.8. The lowest BCUT2D eigenvalue weighted by molar-refractivity contribution is -0.144. The Hall–Kier alpha value is -3.41. The van der Waals surface area contributed by atoms with E-state index in [0.29, 0.717) is 35.2 Å². The number of methoxy groups -OCH3 is 1. The average molecular weight is 476 g/mol. The lowest BCUT2D eigenvalue weighted by Gasteiger charge is -2.37. The number of carbonyl (C=O) groups excluding carboxylic acids is 2. The minimum absolute atomic E-state index is 0.0253. The standard InChI is InChI=1S/C29H30FNO4/c1-17-26(29(33)35-21-7-3-4-8-21)27(18-11-13-20(30)14-12-18)28-23(31-17)15-19(16-24(28)32)22-9-5-6-10-25(22)34-2/h5-6,9-14,19,21,27,31H,3-4,7-8,15-16H2,1-2H3/t19-,27+/m1/s1. The molecular formula is C29H30FNO4. The van der Waals surface area contributed by atoms with E-state index >= 15 is 0 Å². The first-order valence-corrected chi connectivity index (χ1v) is 12.3. The number of benzene rings is 2. The van der Waals surface area contributed by atoms with Crippen LogP contribution in [0.4, 0.5) is 4.39 Å². The van der Waals surface area contributed by atoms with Gasteiger partial charge in [0.05, 0.1) is 12.7 Å². The third kappa shape index (κ3) is 4.49. The molecule has 0 saturated heterocycles. The van der Waals surface area contributed by atoms with E-state index in [4.69, 9.17) is 9.47 Å². The minimum Gasteiger partial charge on any atom is -0.496 e. The summed E-state index contributed by atoms with van der Waals surface area (Å²) in [5.74, 6) is -0.664. The fraction of sp³-hybridized carbons (Fsp3) is 0.379. The van der Waals surface area contributed by atoms with Crippen LogP contribution >= 0.6 is 0 Å². The molecule has 0 spiro atoms. The molecule has 0 radical (unpaired) electrons. The molecule has 1 saturated carbocycles. The van der Waals surface area contributed by atoms with E-state index in [1.807, 2.05) is 31.2 Å². The highest BCUT2D eigenvalue weighted by atomic mass is 19.1. The predicted molar refractivity (Wildman–Crippen MR) is 130 cm³/mol. The number of ether oxygens (including phenoxy) is 2. The molecule has 2 aromatic carbocycles. The summed E-state index contributed by atoms with van der Waals surface area (Å²) in [7, 11) is 1.63. The molecule has 1 fully saturated rings. The maximum absolute atomic E-state index is 13.8. The van der Waals surface area contributed by atoms with Gasteiger partial charge < -0.3 is 14.8 Å². The highest BCUT2D eigenvalue weighted by Gasteiger charge is 2.42. The zero-order chi connectivity index (χ0) is 24.5. The lowest BCUT2D eigenvalue weighted by Crippen LogP contribution is -2.36. The molecule has 2 aromatic rings. The van der Waals surface area contributed by atoms with Crippen LogP contribution in [0, 0.1) is 5.82 Å². The largest absolute Gasteiger partial charge is 0.496 e. The van der Waals surface area contributed by atoms with Crippen LogP contribution < -0.4 is 10.1 Å². The Morgan fingerprint density at radius 2 is 1.74 bits per heavy atom. The number of halogens is 1. The molecule has 5 rings (SSSR count). The number of hydrogen-bond donors (Lipinski definition) is 1. The van der Waals surface area contributed by atoms with Crippen LogP contribution in [0.25, 0.3) is 0 Å². The van der Waals surface area contributed by atoms with Gasteiger partial charge in [0.2, 0.25) is 0 Å². The Morgan fingerprint density at radius 3 is 2.46 bits per heavy atom. The van der Waals surface area contributed by atoms with Crippen LogP contribution in [0.5, 0.6) is 5.75 Å². The fourth-order valence-corrected chi connectivity index (χ4v) is 5.74. The molecule has 5 nitrogen and oxygen atoms in total. The van der Waals surface area contributed by atoms with Crippen molar-refractivity contribution in [1.82, 2.24) is 5.32 Å². The summed E-state index contributed by atoms with van der Waals surface area (Å²) in [4.78, 5) is 27.1. The van der Waals surface area contributed by atoms with Crippen molar-refractivity contribution < 1.29 is 23.5 Å². The second-order valence-corrected chi connectivity index (χ2v) is 9.62. The van der Waals surface area contributed by atoms with Gasteiger partial charge in [0.25, 0.3) is 0 Å². The lowest BCUT2D eigenvalue weighted by atomic mass is 9.71. The fourth-order valence-electron chi connectivity index (χ4n) is 5.74. The number of rotatable bonds is 5. The predicted octanol–water partition coefficient (Wildman–Crippen LogP) is 5.68. The zero-order valence-electron chi connectivity index (χ0n) is 20.1. The normalized spacial score (nSPS) is 22.7. The summed E-state index contributed by atoms with van der Waals surface area (Å²) in [6.07, 6.45) is 4.65. The van der Waals surface area contributed by atoms with Crippen LogP contribution in [0.2, 0.25) is 0 Å². The van der Waals surface area contributed by atoms with Crippen molar-refractivity contribution in [1.29, 1.82) is 0 Å². The van der Waals surface area contributed by atoms with Crippen LogP contribution in [0.1, 0.15) is 68.4 Å². The summed E-state index contributed by atoms with van der Waals surface area (Å²) in [6.45, 7) is 1.85. The number of ketones is 1. The van der Waals surface area contributed by atoms with Crippen molar-refractivity contribution >= 4 is 11.8 Å². The molecule has 0 bridgehead atoms. The van der Waals surface area contributed by atoms with E-state index in [0.717, 1.165) is 42.7 Å². The molecule has 2 aliphatic carbocycles. The Morgan fingerprint density at radius 1 is 1.03 bits per heavy atom. The van der Waals surface area contributed by atoms with Gasteiger partial charge in [-0.25, -0.2) is 9.18 Å². The second-order valence-electron chi connectivity index (χ2n) is 9.62. The van der Waals surface area contributed by atoms with Gasteiger partial charge in [-0.15, -0.1) is 0 Å². The van der Waals surface area contributed by atoms with Crippen LogP contribution in [0.15, 0.2) is 71.1 Å². The molecule has 1 aliphatic heterocycles. The number of hydrogen-bond acceptors (Lipinski definition) is 5. The Labute approximate surface area is 205 Å². The van der Waals surface area contributed by atoms with Gasteiger partial charge in [-0.3, -0.25) is 4.79 Å². The van der Waals surface area contributed by atoms with Crippen LogP contribution in [0.3, 0.4) is 0 Å². The first kappa shape index (κ1) is 23.3. The molecule has 3 aliphatic rings. The van der Waals surface area contributed by atoms with Gasteiger partial charge in [-0.05, 0) is 68.4 Å². The van der Waals surface area contributed by atoms with Crippen molar-refractivity contribution in [3.8, 4) is 5.75 Å². The zero-order valence-corrected chi connectivity index (χ0v) is 20.1. The molecule has 2 atom stereocenters. The molecule has 6 heteroatoms. The molecule has 0 unspecified atom stereocenters. The van der Waals surface area contributed by atoms with Crippen molar-refractivity contribution in [2.75, 3.05) is 7.11 Å². The number of allylic oxidation sites excluding steroid dienone is 3. The Bertz CT molecular complexity index is 1210. The van der Waals surface area contributed by atoms with E-state index in [9.17, 15) is 14.0 Å². The SMILES string of the molecule is COc1ccccc1[C@H]1CC(=O)C2=C(C1)NC(C)=C(C(=O)OC1CCCC1)[C@@H]2c1ccc(F)cc1. The topological polar surface area (TPSA) is 64.6 Å². The van der Waals surface area contributed by atoms with Crippen LogP contribution in [-0.2, 0) is 14.3 Å². The molecule has 0 aromatic heterocycles. The number of nitrogens with one attached hydrogen (secondary N) is 1. The summed E-state index contributed by atoms with van der Waals surface area (Å²) < 4.78 is 25.2. The molecule has 1 heterocycles. The van der Waals surface area contributed by atoms with Crippen molar-refractivity contribution in [3.05, 3.63) is 88.0 Å². The van der Waals surface area contributed by atoms with E-state index in [1.165, 1.54) is 12.1 Å². The summed E-state index contributed by atoms with van der Waals surface area (Å²) in [5.41, 5.74) is 4.19. The van der Waals surface area contributed by atoms with Gasteiger partial charge in [-0.1, -0.05) is 30.3 Å². The molecular weight excluding hydrogens is 445 g/mol. The Balaban J connectivity index is 1.54. The van der Waals surface area contributed by atoms with Crippen molar-refractivity contribution in [2.24, 2.45) is 0 Å². The number of esters is 1. The number of carbonyl (C=O) groups is 2. The maximum Gasteiger partial charge on any atom is 0.337 e. The van der Waals surface area contributed by atoms with Crippen LogP contribution in [-0.4, -0.2) is 25.0 Å². The van der Waals surface area contributed by atoms with Gasteiger partial charge in [0.1, 0.15) is 17.7 Å². The van der Waals surface area contributed by atoms with E-state index in [2.05, 4.69) is 5.32 Å². The highest BCUT2D eigenvalue weighted by Crippen LogP contribution is 2.47. The summed E-state index contributed by atoms with van der Waals surface area (Å²) in [5, 5.41) is 3.38. The van der Waals surface area contributed by atoms with Gasteiger partial charge in [-0.2, -0.15) is 0 Å². The number of dihydropyridines is 1. The monoisotopic (exact) mass is 475 g/mol. The van der Waals surface area contributed by atoms with Crippen molar-refractivity contribution in [2.45, 2.75) is 63.4 Å². The van der Waals surface area contributed by atoms with E-state index in [1.54, 1.807) is 19.2 Å². The smallest absolute Gasteiger partial charge is 0.337 e. The van der Waals surface area contributed by atoms with Gasteiger partial charge in [0, 0.05) is 35.2 Å². The van der Waals surface area contributed by atoms with Crippen molar-refractivity contribution in [3.63, 3.8) is 0 Å². The quantitative estimate of drug-likeness (QED) is 0.564. The summed E-state index contributed by atoms with van der Waals surface area (Å²) in [6, 6.07) is 13.8. The van der Waals surface area contributed by atoms with E-state index < -0.39 is 11.9 Å². The average Bonchev–Trinajstić information content (AvgIpc) is 3.36. The second kappa shape index (κ2) is 9.68. The molecule has 0 amide bonds. The van der Waals surface area contributed by atoms with E-state index in [-0.39, 0.29) is 23.6 Å².